The summed E-state index contributed by atoms with van der Waals surface area (Å²) in [5.74, 6) is 0. The van der Waals surface area contributed by atoms with Gasteiger partial charge >= 0.3 is 0 Å². The number of aromatic nitrogens is 1. The molecule has 1 aromatic carbocycles. The molecule has 1 atom stereocenters. The monoisotopic (exact) mass is 253 g/mol. The molecule has 0 saturated heterocycles. The van der Waals surface area contributed by atoms with E-state index in [0.717, 1.165) is 0 Å². The lowest BCUT2D eigenvalue weighted by Crippen LogP contribution is -2.01. The van der Waals surface area contributed by atoms with Crippen LogP contribution in [0, 0.1) is 0 Å². The van der Waals surface area contributed by atoms with E-state index < -0.39 is 6.10 Å². The molecule has 0 saturated carbocycles. The molecule has 2 aromatic rings. The van der Waals surface area contributed by atoms with Gasteiger partial charge in [0.15, 0.2) is 0 Å². The molecule has 1 heterocycles. The van der Waals surface area contributed by atoms with Crippen molar-refractivity contribution in [3.63, 3.8) is 0 Å². The van der Waals surface area contributed by atoms with Gasteiger partial charge < -0.3 is 5.11 Å². The zero-order chi connectivity index (χ0) is 11.5. The van der Waals surface area contributed by atoms with Crippen LogP contribution in [-0.2, 0) is 0 Å². The topological polar surface area (TPSA) is 33.1 Å². The van der Waals surface area contributed by atoms with Crippen molar-refractivity contribution in [3.8, 4) is 0 Å². The molecule has 1 unspecified atom stereocenters. The fourth-order valence-electron chi connectivity index (χ4n) is 1.44. The molecular weight excluding hydrogens is 245 g/mol. The van der Waals surface area contributed by atoms with E-state index in [4.69, 9.17) is 23.2 Å². The van der Waals surface area contributed by atoms with Gasteiger partial charge in [-0.3, -0.25) is 4.98 Å². The van der Waals surface area contributed by atoms with Gasteiger partial charge in [0.2, 0.25) is 0 Å². The number of hydrogen-bond donors (Lipinski definition) is 1. The SMILES string of the molecule is OC(c1cc(Cl)cc(Cl)c1)c1ccccn1. The van der Waals surface area contributed by atoms with Gasteiger partial charge in [0, 0.05) is 16.2 Å². The van der Waals surface area contributed by atoms with Crippen molar-refractivity contribution in [1.29, 1.82) is 0 Å². The van der Waals surface area contributed by atoms with Crippen LogP contribution in [0.5, 0.6) is 0 Å². The summed E-state index contributed by atoms with van der Waals surface area (Å²) in [5.41, 5.74) is 1.21. The second kappa shape index (κ2) is 4.83. The van der Waals surface area contributed by atoms with Gasteiger partial charge in [-0.05, 0) is 35.9 Å². The largest absolute Gasteiger partial charge is 0.382 e. The van der Waals surface area contributed by atoms with Crippen LogP contribution in [0.1, 0.15) is 17.4 Å². The Morgan fingerprint density at radius 1 is 1.06 bits per heavy atom. The summed E-state index contributed by atoms with van der Waals surface area (Å²) >= 11 is 11.7. The van der Waals surface area contributed by atoms with E-state index in [0.29, 0.717) is 21.3 Å². The van der Waals surface area contributed by atoms with Crippen molar-refractivity contribution in [1.82, 2.24) is 4.98 Å². The van der Waals surface area contributed by atoms with E-state index in [9.17, 15) is 5.11 Å². The second-order valence-electron chi connectivity index (χ2n) is 3.36. The van der Waals surface area contributed by atoms with Gasteiger partial charge in [0.1, 0.15) is 6.10 Å². The number of pyridine rings is 1. The lowest BCUT2D eigenvalue weighted by molar-refractivity contribution is 0.215. The van der Waals surface area contributed by atoms with Crippen LogP contribution in [0.25, 0.3) is 0 Å². The van der Waals surface area contributed by atoms with Crippen molar-refractivity contribution in [2.24, 2.45) is 0 Å². The summed E-state index contributed by atoms with van der Waals surface area (Å²) in [6, 6.07) is 10.3. The summed E-state index contributed by atoms with van der Waals surface area (Å²) < 4.78 is 0. The quantitative estimate of drug-likeness (QED) is 0.890. The molecule has 0 radical (unpaired) electrons. The molecule has 0 amide bonds. The van der Waals surface area contributed by atoms with Crippen LogP contribution in [0.2, 0.25) is 10.0 Å². The molecular formula is C12H9Cl2NO. The third-order valence-corrected chi connectivity index (χ3v) is 2.60. The molecule has 1 aromatic heterocycles. The maximum Gasteiger partial charge on any atom is 0.121 e. The Morgan fingerprint density at radius 2 is 1.75 bits per heavy atom. The predicted octanol–water partition coefficient (Wildman–Crippen LogP) is 3.47. The lowest BCUT2D eigenvalue weighted by atomic mass is 10.1. The molecule has 0 bridgehead atoms. The molecule has 4 heteroatoms. The molecule has 2 nitrogen and oxygen atoms in total. The minimum absolute atomic E-state index is 0.498. The summed E-state index contributed by atoms with van der Waals surface area (Å²) in [5, 5.41) is 11.1. The van der Waals surface area contributed by atoms with Crippen molar-refractivity contribution in [2.45, 2.75) is 6.10 Å². The highest BCUT2D eigenvalue weighted by molar-refractivity contribution is 6.34. The first kappa shape index (κ1) is 11.4. The van der Waals surface area contributed by atoms with Crippen LogP contribution in [0.3, 0.4) is 0 Å². The maximum atomic E-state index is 10.1. The zero-order valence-electron chi connectivity index (χ0n) is 8.27. The highest BCUT2D eigenvalue weighted by Gasteiger charge is 2.12. The van der Waals surface area contributed by atoms with E-state index in [2.05, 4.69) is 4.98 Å². The molecule has 0 aliphatic carbocycles. The zero-order valence-corrected chi connectivity index (χ0v) is 9.78. The Morgan fingerprint density at radius 3 is 2.31 bits per heavy atom. The Bertz CT molecular complexity index is 467. The molecule has 16 heavy (non-hydrogen) atoms. The highest BCUT2D eigenvalue weighted by Crippen LogP contribution is 2.26. The number of benzene rings is 1. The summed E-state index contributed by atoms with van der Waals surface area (Å²) in [6.45, 7) is 0. The Balaban J connectivity index is 2.37. The normalized spacial score (nSPS) is 12.4. The Hall–Kier alpha value is -1.09. The Labute approximate surface area is 103 Å². The van der Waals surface area contributed by atoms with Crippen LogP contribution >= 0.6 is 23.2 Å². The standard InChI is InChI=1S/C12H9Cl2NO/c13-9-5-8(6-10(14)7-9)12(16)11-3-1-2-4-15-11/h1-7,12,16H. The van der Waals surface area contributed by atoms with Crippen LogP contribution < -0.4 is 0 Å². The maximum absolute atomic E-state index is 10.1. The number of aliphatic hydroxyl groups is 1. The minimum atomic E-state index is -0.808. The first-order chi connectivity index (χ1) is 7.66. The first-order valence-electron chi connectivity index (χ1n) is 4.72. The minimum Gasteiger partial charge on any atom is -0.382 e. The summed E-state index contributed by atoms with van der Waals surface area (Å²) in [4.78, 5) is 4.08. The first-order valence-corrected chi connectivity index (χ1v) is 5.47. The third kappa shape index (κ3) is 2.53. The average molecular weight is 254 g/mol. The summed E-state index contributed by atoms with van der Waals surface area (Å²) in [7, 11) is 0. The number of rotatable bonds is 2. The number of nitrogens with zero attached hydrogens (tertiary/aromatic N) is 1. The fourth-order valence-corrected chi connectivity index (χ4v) is 1.98. The van der Waals surface area contributed by atoms with E-state index >= 15 is 0 Å². The van der Waals surface area contributed by atoms with Gasteiger partial charge in [-0.1, -0.05) is 29.3 Å². The van der Waals surface area contributed by atoms with Crippen LogP contribution in [0.15, 0.2) is 42.6 Å². The third-order valence-electron chi connectivity index (χ3n) is 2.17. The van der Waals surface area contributed by atoms with E-state index in [1.807, 2.05) is 6.07 Å². The molecule has 0 aliphatic heterocycles. The van der Waals surface area contributed by atoms with Gasteiger partial charge in [-0.15, -0.1) is 0 Å². The van der Waals surface area contributed by atoms with Gasteiger partial charge in [0.25, 0.3) is 0 Å². The van der Waals surface area contributed by atoms with E-state index in [1.165, 1.54) is 0 Å². The lowest BCUT2D eigenvalue weighted by Gasteiger charge is -2.10. The van der Waals surface area contributed by atoms with Gasteiger partial charge in [0.05, 0.1) is 5.69 Å². The van der Waals surface area contributed by atoms with Crippen molar-refractivity contribution < 1.29 is 5.11 Å². The fraction of sp³-hybridized carbons (Fsp3) is 0.0833. The number of halogens is 2. The highest BCUT2D eigenvalue weighted by atomic mass is 35.5. The molecule has 0 aliphatic rings. The second-order valence-corrected chi connectivity index (χ2v) is 4.23. The number of hydrogen-bond acceptors (Lipinski definition) is 2. The molecule has 0 fully saturated rings. The van der Waals surface area contributed by atoms with Crippen molar-refractivity contribution in [3.05, 3.63) is 63.9 Å². The van der Waals surface area contributed by atoms with Crippen LogP contribution in [0.4, 0.5) is 0 Å². The smallest absolute Gasteiger partial charge is 0.121 e. The predicted molar refractivity (Wildman–Crippen MR) is 64.8 cm³/mol. The van der Waals surface area contributed by atoms with Gasteiger partial charge in [-0.2, -0.15) is 0 Å². The number of aliphatic hydroxyl groups excluding tert-OH is 1. The molecule has 2 rings (SSSR count). The van der Waals surface area contributed by atoms with Crippen molar-refractivity contribution >= 4 is 23.2 Å². The molecule has 1 N–H and O–H groups in total. The van der Waals surface area contributed by atoms with Crippen LogP contribution in [-0.4, -0.2) is 10.1 Å². The van der Waals surface area contributed by atoms with E-state index in [1.54, 1.807) is 36.5 Å². The summed E-state index contributed by atoms with van der Waals surface area (Å²) in [6.07, 6.45) is 0.822. The van der Waals surface area contributed by atoms with E-state index in [-0.39, 0.29) is 0 Å². The average Bonchev–Trinajstić information content (AvgIpc) is 2.28. The molecule has 82 valence electrons. The molecule has 0 spiro atoms. The Kier molecular flexibility index (Phi) is 3.44. The van der Waals surface area contributed by atoms with Crippen molar-refractivity contribution in [2.75, 3.05) is 0 Å². The van der Waals surface area contributed by atoms with Gasteiger partial charge in [-0.25, -0.2) is 0 Å².